The second kappa shape index (κ2) is 6.16. The molecule has 0 aromatic carbocycles. The molecule has 1 fully saturated rings. The third-order valence-electron chi connectivity index (χ3n) is 3.28. The van der Waals surface area contributed by atoms with Crippen LogP contribution in [0.25, 0.3) is 0 Å². The molecule has 0 bridgehead atoms. The highest BCUT2D eigenvalue weighted by molar-refractivity contribution is 6.32. The van der Waals surface area contributed by atoms with Gasteiger partial charge in [0.1, 0.15) is 0 Å². The van der Waals surface area contributed by atoms with Crippen molar-refractivity contribution in [2.45, 2.75) is 38.6 Å². The lowest BCUT2D eigenvalue weighted by Gasteiger charge is -2.13. The highest BCUT2D eigenvalue weighted by Crippen LogP contribution is 2.22. The molecule has 98 valence electrons. The maximum absolute atomic E-state index is 11.8. The molecule has 0 unspecified atom stereocenters. The van der Waals surface area contributed by atoms with E-state index in [-0.39, 0.29) is 5.91 Å². The van der Waals surface area contributed by atoms with Gasteiger partial charge in [-0.1, -0.05) is 24.4 Å². The van der Waals surface area contributed by atoms with E-state index in [0.717, 1.165) is 5.56 Å². The van der Waals surface area contributed by atoms with E-state index < -0.39 is 0 Å². The number of hydrogen-bond acceptors (Lipinski definition) is 3. The molecule has 1 saturated carbocycles. The monoisotopic (exact) mass is 267 g/mol. The maximum atomic E-state index is 11.8. The smallest absolute Gasteiger partial charge is 0.238 e. The fourth-order valence-corrected chi connectivity index (χ4v) is 2.48. The van der Waals surface area contributed by atoms with Gasteiger partial charge in [-0.15, -0.1) is 0 Å². The molecule has 5 heteroatoms. The van der Waals surface area contributed by atoms with Crippen LogP contribution in [0.3, 0.4) is 0 Å². The lowest BCUT2D eigenvalue weighted by Crippen LogP contribution is -2.34. The number of amides is 1. The van der Waals surface area contributed by atoms with E-state index in [4.69, 9.17) is 11.6 Å². The molecule has 1 aliphatic carbocycles. The minimum absolute atomic E-state index is 0.0695. The summed E-state index contributed by atoms with van der Waals surface area (Å²) in [7, 11) is 0. The summed E-state index contributed by atoms with van der Waals surface area (Å²) in [4.78, 5) is 15.8. The topological polar surface area (TPSA) is 54.0 Å². The quantitative estimate of drug-likeness (QED) is 0.825. The van der Waals surface area contributed by atoms with Crippen molar-refractivity contribution < 1.29 is 4.79 Å². The van der Waals surface area contributed by atoms with Gasteiger partial charge in [0.25, 0.3) is 0 Å². The first-order chi connectivity index (χ1) is 8.66. The first kappa shape index (κ1) is 13.3. The van der Waals surface area contributed by atoms with Gasteiger partial charge in [-0.25, -0.2) is 4.98 Å². The number of carbonyl (C=O) groups excluding carboxylic acids is 1. The van der Waals surface area contributed by atoms with Crippen LogP contribution < -0.4 is 10.6 Å². The minimum Gasteiger partial charge on any atom is -0.322 e. The second-order valence-electron chi connectivity index (χ2n) is 4.70. The van der Waals surface area contributed by atoms with Gasteiger partial charge < -0.3 is 10.6 Å². The summed E-state index contributed by atoms with van der Waals surface area (Å²) in [6.45, 7) is 2.23. The van der Waals surface area contributed by atoms with Crippen LogP contribution in [0.4, 0.5) is 5.69 Å². The third-order valence-corrected chi connectivity index (χ3v) is 3.57. The fraction of sp³-hybridized carbons (Fsp3) is 0.538. The Hall–Kier alpha value is -1.13. The second-order valence-corrected chi connectivity index (χ2v) is 5.06. The van der Waals surface area contributed by atoms with Gasteiger partial charge in [0.2, 0.25) is 5.91 Å². The Kier molecular flexibility index (Phi) is 4.55. The van der Waals surface area contributed by atoms with E-state index in [2.05, 4.69) is 15.6 Å². The van der Waals surface area contributed by atoms with Crippen molar-refractivity contribution in [1.29, 1.82) is 0 Å². The predicted molar refractivity (Wildman–Crippen MR) is 72.9 cm³/mol. The maximum Gasteiger partial charge on any atom is 0.238 e. The van der Waals surface area contributed by atoms with Crippen LogP contribution in [0.5, 0.6) is 0 Å². The zero-order chi connectivity index (χ0) is 13.0. The number of pyridine rings is 1. The molecule has 0 atom stereocenters. The van der Waals surface area contributed by atoms with Gasteiger partial charge >= 0.3 is 0 Å². The molecule has 1 aromatic rings. The summed E-state index contributed by atoms with van der Waals surface area (Å²) in [5.41, 5.74) is 1.53. The van der Waals surface area contributed by atoms with Crippen LogP contribution >= 0.6 is 11.6 Å². The van der Waals surface area contributed by atoms with Crippen molar-refractivity contribution >= 4 is 23.2 Å². The number of aryl methyl sites for hydroxylation is 1. The molecule has 0 radical (unpaired) electrons. The van der Waals surface area contributed by atoms with Gasteiger partial charge in [-0.3, -0.25) is 4.79 Å². The first-order valence-corrected chi connectivity index (χ1v) is 6.69. The van der Waals surface area contributed by atoms with Crippen LogP contribution in [-0.2, 0) is 4.79 Å². The molecule has 1 heterocycles. The Morgan fingerprint density at radius 3 is 2.89 bits per heavy atom. The number of nitrogens with one attached hydrogen (secondary N) is 2. The number of halogens is 1. The fourth-order valence-electron chi connectivity index (χ4n) is 2.23. The van der Waals surface area contributed by atoms with Crippen molar-refractivity contribution in [3.05, 3.63) is 23.0 Å². The van der Waals surface area contributed by atoms with Crippen LogP contribution in [-0.4, -0.2) is 23.5 Å². The minimum atomic E-state index is -0.0695. The summed E-state index contributed by atoms with van der Waals surface area (Å²) in [6, 6.07) is 2.31. The Bertz CT molecular complexity index is 410. The SMILES string of the molecule is Cc1ccnc(Cl)c1NC(=O)CNC1CCCC1. The molecule has 4 nitrogen and oxygen atoms in total. The Balaban J connectivity index is 1.86. The lowest BCUT2D eigenvalue weighted by atomic mass is 10.2. The van der Waals surface area contributed by atoms with Crippen molar-refractivity contribution in [3.8, 4) is 0 Å². The van der Waals surface area contributed by atoms with Gasteiger partial charge in [0, 0.05) is 12.2 Å². The summed E-state index contributed by atoms with van der Waals surface area (Å²) in [6.07, 6.45) is 6.48. The van der Waals surface area contributed by atoms with Crippen molar-refractivity contribution in [1.82, 2.24) is 10.3 Å². The van der Waals surface area contributed by atoms with E-state index in [1.807, 2.05) is 13.0 Å². The number of rotatable bonds is 4. The zero-order valence-electron chi connectivity index (χ0n) is 10.5. The van der Waals surface area contributed by atoms with Gasteiger partial charge in [-0.05, 0) is 31.4 Å². The molecule has 1 aliphatic rings. The molecule has 0 saturated heterocycles. The van der Waals surface area contributed by atoms with E-state index in [9.17, 15) is 4.79 Å². The molecule has 0 aliphatic heterocycles. The molecule has 2 N–H and O–H groups in total. The van der Waals surface area contributed by atoms with Crippen LogP contribution in [0.1, 0.15) is 31.2 Å². The normalized spacial score (nSPS) is 15.9. The highest BCUT2D eigenvalue weighted by atomic mass is 35.5. The summed E-state index contributed by atoms with van der Waals surface area (Å²) >= 11 is 5.95. The Labute approximate surface area is 112 Å². The van der Waals surface area contributed by atoms with Crippen LogP contribution in [0.15, 0.2) is 12.3 Å². The number of carbonyl (C=O) groups is 1. The third kappa shape index (κ3) is 3.43. The summed E-state index contributed by atoms with van der Waals surface area (Å²) in [5, 5.41) is 6.41. The zero-order valence-corrected chi connectivity index (χ0v) is 11.3. The molecule has 2 rings (SSSR count). The summed E-state index contributed by atoms with van der Waals surface area (Å²) < 4.78 is 0. The van der Waals surface area contributed by atoms with E-state index in [0.29, 0.717) is 23.4 Å². The number of nitrogens with zero attached hydrogens (tertiary/aromatic N) is 1. The van der Waals surface area contributed by atoms with Gasteiger partial charge in [0.15, 0.2) is 5.15 Å². The Morgan fingerprint density at radius 2 is 2.22 bits per heavy atom. The Morgan fingerprint density at radius 1 is 1.50 bits per heavy atom. The van der Waals surface area contributed by atoms with Gasteiger partial charge in [0.05, 0.1) is 12.2 Å². The van der Waals surface area contributed by atoms with Crippen LogP contribution in [0.2, 0.25) is 5.15 Å². The number of hydrogen-bond donors (Lipinski definition) is 2. The first-order valence-electron chi connectivity index (χ1n) is 6.31. The van der Waals surface area contributed by atoms with E-state index in [1.54, 1.807) is 6.20 Å². The average molecular weight is 268 g/mol. The van der Waals surface area contributed by atoms with Gasteiger partial charge in [-0.2, -0.15) is 0 Å². The molecular weight excluding hydrogens is 250 g/mol. The van der Waals surface area contributed by atoms with Crippen molar-refractivity contribution in [3.63, 3.8) is 0 Å². The number of aromatic nitrogens is 1. The largest absolute Gasteiger partial charge is 0.322 e. The lowest BCUT2D eigenvalue weighted by molar-refractivity contribution is -0.115. The highest BCUT2D eigenvalue weighted by Gasteiger charge is 2.16. The van der Waals surface area contributed by atoms with Crippen molar-refractivity contribution in [2.75, 3.05) is 11.9 Å². The van der Waals surface area contributed by atoms with E-state index >= 15 is 0 Å². The standard InChI is InChI=1S/C13H18ClN3O/c1-9-6-7-15-13(14)12(9)17-11(18)8-16-10-4-2-3-5-10/h6-7,10,16H,2-5,8H2,1H3,(H,17,18). The van der Waals surface area contributed by atoms with E-state index in [1.165, 1.54) is 25.7 Å². The molecule has 18 heavy (non-hydrogen) atoms. The molecule has 0 spiro atoms. The van der Waals surface area contributed by atoms with Crippen LogP contribution in [0, 0.1) is 6.92 Å². The molecule has 1 aromatic heterocycles. The molecule has 1 amide bonds. The predicted octanol–water partition coefficient (Wildman–Crippen LogP) is 2.51. The molecular formula is C13H18ClN3O. The van der Waals surface area contributed by atoms with Crippen molar-refractivity contribution in [2.24, 2.45) is 0 Å². The number of anilines is 1. The summed E-state index contributed by atoms with van der Waals surface area (Å²) in [5.74, 6) is -0.0695. The average Bonchev–Trinajstić information content (AvgIpc) is 2.84.